The van der Waals surface area contributed by atoms with Crippen molar-refractivity contribution in [1.82, 2.24) is 9.80 Å². The van der Waals surface area contributed by atoms with E-state index in [4.69, 9.17) is 5.73 Å². The molecule has 2 aliphatic heterocycles. The van der Waals surface area contributed by atoms with Crippen LogP contribution in [0.15, 0.2) is 0 Å². The Balaban J connectivity index is 2.05. The van der Waals surface area contributed by atoms with Crippen molar-refractivity contribution in [3.8, 4) is 0 Å². The van der Waals surface area contributed by atoms with E-state index >= 15 is 0 Å². The molecule has 0 saturated carbocycles. The third-order valence-electron chi connectivity index (χ3n) is 4.41. The van der Waals surface area contributed by atoms with Gasteiger partial charge in [0.2, 0.25) is 0 Å². The molecule has 0 bridgehead atoms. The van der Waals surface area contributed by atoms with Gasteiger partial charge in [-0.25, -0.2) is 0 Å². The highest BCUT2D eigenvalue weighted by Gasteiger charge is 2.36. The SMILES string of the molecule is CN1CCCC(CN)(N2CCCSCC2)CC1. The quantitative estimate of drug-likeness (QED) is 0.807. The maximum Gasteiger partial charge on any atom is 0.0344 e. The van der Waals surface area contributed by atoms with Crippen molar-refractivity contribution in [1.29, 1.82) is 0 Å². The van der Waals surface area contributed by atoms with Crippen LogP contribution in [0, 0.1) is 0 Å². The van der Waals surface area contributed by atoms with Gasteiger partial charge in [0.05, 0.1) is 0 Å². The topological polar surface area (TPSA) is 32.5 Å². The molecule has 0 aromatic heterocycles. The van der Waals surface area contributed by atoms with Crippen LogP contribution in [0.5, 0.6) is 0 Å². The Hall–Kier alpha value is 0.230. The zero-order valence-corrected chi connectivity index (χ0v) is 12.0. The van der Waals surface area contributed by atoms with Crippen molar-refractivity contribution in [2.24, 2.45) is 5.73 Å². The van der Waals surface area contributed by atoms with Gasteiger partial charge in [-0.3, -0.25) is 4.90 Å². The standard InChI is InChI=1S/C13H27N3S/c1-15-6-2-4-13(12-14,5-8-15)16-7-3-10-17-11-9-16/h2-12,14H2,1H3. The van der Waals surface area contributed by atoms with Gasteiger partial charge in [-0.2, -0.15) is 11.8 Å². The molecule has 0 radical (unpaired) electrons. The predicted molar refractivity (Wildman–Crippen MR) is 76.6 cm³/mol. The minimum Gasteiger partial charge on any atom is -0.329 e. The molecule has 2 saturated heterocycles. The van der Waals surface area contributed by atoms with E-state index in [2.05, 4.69) is 28.6 Å². The number of nitrogens with two attached hydrogens (primary N) is 1. The van der Waals surface area contributed by atoms with Gasteiger partial charge in [0, 0.05) is 24.4 Å². The first-order chi connectivity index (χ1) is 8.27. The summed E-state index contributed by atoms with van der Waals surface area (Å²) in [5.41, 5.74) is 6.47. The molecule has 100 valence electrons. The largest absolute Gasteiger partial charge is 0.329 e. The molecule has 0 aliphatic carbocycles. The van der Waals surface area contributed by atoms with Crippen LogP contribution in [0.4, 0.5) is 0 Å². The lowest BCUT2D eigenvalue weighted by Crippen LogP contribution is -2.55. The molecular weight excluding hydrogens is 230 g/mol. The van der Waals surface area contributed by atoms with Crippen LogP contribution in [0.2, 0.25) is 0 Å². The van der Waals surface area contributed by atoms with Gasteiger partial charge in [-0.05, 0) is 58.1 Å². The fourth-order valence-electron chi connectivity index (χ4n) is 3.18. The third kappa shape index (κ3) is 3.37. The summed E-state index contributed by atoms with van der Waals surface area (Å²) in [6, 6.07) is 0. The lowest BCUT2D eigenvalue weighted by molar-refractivity contribution is 0.0872. The molecule has 2 rings (SSSR count). The summed E-state index contributed by atoms with van der Waals surface area (Å²) in [5.74, 6) is 2.62. The van der Waals surface area contributed by atoms with Gasteiger partial charge in [-0.15, -0.1) is 0 Å². The molecule has 4 heteroatoms. The van der Waals surface area contributed by atoms with E-state index in [1.807, 2.05) is 0 Å². The van der Waals surface area contributed by atoms with Crippen LogP contribution < -0.4 is 5.73 Å². The first-order valence-electron chi connectivity index (χ1n) is 6.98. The second-order valence-electron chi connectivity index (χ2n) is 5.54. The Morgan fingerprint density at radius 3 is 2.76 bits per heavy atom. The van der Waals surface area contributed by atoms with E-state index in [0.717, 1.165) is 6.54 Å². The van der Waals surface area contributed by atoms with E-state index in [1.165, 1.54) is 63.4 Å². The van der Waals surface area contributed by atoms with Crippen molar-refractivity contribution in [3.05, 3.63) is 0 Å². The Morgan fingerprint density at radius 2 is 1.94 bits per heavy atom. The van der Waals surface area contributed by atoms with Crippen LogP contribution in [0.25, 0.3) is 0 Å². The zero-order valence-electron chi connectivity index (χ0n) is 11.2. The fraction of sp³-hybridized carbons (Fsp3) is 1.00. The van der Waals surface area contributed by atoms with Gasteiger partial charge in [0.25, 0.3) is 0 Å². The summed E-state index contributed by atoms with van der Waals surface area (Å²) in [4.78, 5) is 5.18. The van der Waals surface area contributed by atoms with Gasteiger partial charge >= 0.3 is 0 Å². The van der Waals surface area contributed by atoms with Crippen LogP contribution in [0.1, 0.15) is 25.7 Å². The second-order valence-corrected chi connectivity index (χ2v) is 6.76. The average molecular weight is 257 g/mol. The molecule has 17 heavy (non-hydrogen) atoms. The number of thioether (sulfide) groups is 1. The summed E-state index contributed by atoms with van der Waals surface area (Å²) in [6.07, 6.45) is 5.18. The van der Waals surface area contributed by atoms with Gasteiger partial charge < -0.3 is 10.6 Å². The van der Waals surface area contributed by atoms with E-state index < -0.39 is 0 Å². The summed E-state index contributed by atoms with van der Waals surface area (Å²) in [5, 5.41) is 0. The van der Waals surface area contributed by atoms with Crippen molar-refractivity contribution in [2.45, 2.75) is 31.2 Å². The molecular formula is C13H27N3S. The monoisotopic (exact) mass is 257 g/mol. The van der Waals surface area contributed by atoms with E-state index in [1.54, 1.807) is 0 Å². The summed E-state index contributed by atoms with van der Waals surface area (Å²) in [7, 11) is 2.24. The first kappa shape index (κ1) is 13.7. The molecule has 3 nitrogen and oxygen atoms in total. The molecule has 2 aliphatic rings. The Kier molecular flexibility index (Phi) is 5.15. The summed E-state index contributed by atoms with van der Waals surface area (Å²) in [6.45, 7) is 5.79. The first-order valence-corrected chi connectivity index (χ1v) is 8.14. The molecule has 1 unspecified atom stereocenters. The summed E-state index contributed by atoms with van der Waals surface area (Å²) < 4.78 is 0. The molecule has 1 atom stereocenters. The smallest absolute Gasteiger partial charge is 0.0344 e. The van der Waals surface area contributed by atoms with Crippen LogP contribution >= 0.6 is 11.8 Å². The van der Waals surface area contributed by atoms with Crippen LogP contribution in [-0.4, -0.2) is 66.6 Å². The lowest BCUT2D eigenvalue weighted by Gasteiger charge is -2.42. The molecule has 0 aromatic rings. The Morgan fingerprint density at radius 1 is 1.06 bits per heavy atom. The fourth-order valence-corrected chi connectivity index (χ4v) is 4.07. The lowest BCUT2D eigenvalue weighted by atomic mass is 9.88. The maximum absolute atomic E-state index is 6.17. The van der Waals surface area contributed by atoms with E-state index in [0.29, 0.717) is 5.54 Å². The molecule has 0 amide bonds. The number of hydrogen-bond acceptors (Lipinski definition) is 4. The Bertz CT molecular complexity index is 229. The summed E-state index contributed by atoms with van der Waals surface area (Å²) >= 11 is 2.11. The molecule has 2 heterocycles. The molecule has 0 aromatic carbocycles. The predicted octanol–water partition coefficient (Wildman–Crippen LogP) is 1.24. The van der Waals surface area contributed by atoms with Gasteiger partial charge in [0.15, 0.2) is 0 Å². The highest BCUT2D eigenvalue weighted by atomic mass is 32.2. The number of rotatable bonds is 2. The van der Waals surface area contributed by atoms with Gasteiger partial charge in [-0.1, -0.05) is 0 Å². The minimum absolute atomic E-state index is 0.301. The maximum atomic E-state index is 6.17. The zero-order chi connectivity index (χ0) is 12.1. The van der Waals surface area contributed by atoms with Crippen LogP contribution in [-0.2, 0) is 0 Å². The normalized spacial score (nSPS) is 34.2. The van der Waals surface area contributed by atoms with Crippen molar-refractivity contribution >= 4 is 11.8 Å². The number of nitrogens with zero attached hydrogens (tertiary/aromatic N) is 2. The highest BCUT2D eigenvalue weighted by molar-refractivity contribution is 7.99. The number of hydrogen-bond donors (Lipinski definition) is 1. The van der Waals surface area contributed by atoms with E-state index in [9.17, 15) is 0 Å². The van der Waals surface area contributed by atoms with E-state index in [-0.39, 0.29) is 0 Å². The molecule has 2 N–H and O–H groups in total. The van der Waals surface area contributed by atoms with Crippen molar-refractivity contribution < 1.29 is 0 Å². The highest BCUT2D eigenvalue weighted by Crippen LogP contribution is 2.29. The average Bonchev–Trinajstić information content (AvgIpc) is 2.70. The minimum atomic E-state index is 0.301. The molecule has 0 spiro atoms. The third-order valence-corrected chi connectivity index (χ3v) is 5.46. The second kappa shape index (κ2) is 6.41. The van der Waals surface area contributed by atoms with Crippen molar-refractivity contribution in [2.75, 3.05) is 51.3 Å². The Labute approximate surface area is 110 Å². The van der Waals surface area contributed by atoms with Crippen LogP contribution in [0.3, 0.4) is 0 Å². The van der Waals surface area contributed by atoms with Crippen molar-refractivity contribution in [3.63, 3.8) is 0 Å². The van der Waals surface area contributed by atoms with Gasteiger partial charge in [0.1, 0.15) is 0 Å². The molecule has 2 fully saturated rings. The number of likely N-dealkylation sites (tertiary alicyclic amines) is 1.